The number of aryl methyl sites for hydroxylation is 1. The van der Waals surface area contributed by atoms with Gasteiger partial charge in [0.05, 0.1) is 17.6 Å². The fraction of sp³-hybridized carbons (Fsp3) is 0.697. The second-order valence-electron chi connectivity index (χ2n) is 13.0. The standard InChI is InChI=1S/C33H48N2O4S/c1-5-34-31(38)39-29(33(16-17-33)30-35-20-21(2)40-30)10-6-9-25-13-14-27-23(8-7-15-32(25,27)4)11-12-24-18-26(36)19-28(37)22(24)3/h11-12,20,25-29,36-37H,3,5-10,13-19H2,1-2,4H3,(H,34,38)/b23-11+,24-12-/t25?,26-,27?,28+,29?,32?/m1/s1. The SMILES string of the molecule is C=C1/C(=C\C=C2/CCCC3(C)C(CCCC(OC(=O)NCC)C4(c5ncc(C)s5)CC4)CCC23)C[C@@H](O)C[C@@H]1O. The van der Waals surface area contributed by atoms with Crippen LogP contribution in [0.1, 0.15) is 101 Å². The smallest absolute Gasteiger partial charge is 0.407 e. The Bertz CT molecular complexity index is 1150. The molecule has 4 saturated carbocycles. The van der Waals surface area contributed by atoms with Crippen molar-refractivity contribution < 1.29 is 19.7 Å². The Morgan fingerprint density at radius 3 is 2.80 bits per heavy atom. The quantitative estimate of drug-likeness (QED) is 0.301. The molecule has 1 heterocycles. The maximum atomic E-state index is 12.5. The highest BCUT2D eigenvalue weighted by Crippen LogP contribution is 2.59. The zero-order chi connectivity index (χ0) is 28.5. The molecular weight excluding hydrogens is 520 g/mol. The average molecular weight is 569 g/mol. The van der Waals surface area contributed by atoms with E-state index in [0.29, 0.717) is 36.6 Å². The molecule has 7 heteroatoms. The largest absolute Gasteiger partial charge is 0.445 e. The van der Waals surface area contributed by atoms with E-state index in [2.05, 4.69) is 37.9 Å². The molecule has 4 fully saturated rings. The molecule has 220 valence electrons. The van der Waals surface area contributed by atoms with Crippen molar-refractivity contribution >= 4 is 17.4 Å². The predicted octanol–water partition coefficient (Wildman–Crippen LogP) is 6.91. The van der Waals surface area contributed by atoms with Crippen LogP contribution in [0.2, 0.25) is 0 Å². The fourth-order valence-electron chi connectivity index (χ4n) is 7.99. The number of hydrogen-bond donors (Lipinski definition) is 3. The van der Waals surface area contributed by atoms with E-state index < -0.39 is 12.2 Å². The number of fused-ring (bicyclic) bond motifs is 1. The van der Waals surface area contributed by atoms with E-state index in [9.17, 15) is 15.0 Å². The number of aliphatic hydroxyl groups excluding tert-OH is 2. The number of hydrogen-bond acceptors (Lipinski definition) is 6. The number of aliphatic hydroxyl groups is 2. The summed E-state index contributed by atoms with van der Waals surface area (Å²) in [6.45, 7) is 11.2. The van der Waals surface area contributed by atoms with Crippen LogP contribution in [0.25, 0.3) is 0 Å². The molecule has 1 aromatic rings. The minimum atomic E-state index is -0.642. The zero-order valence-corrected chi connectivity index (χ0v) is 25.4. The van der Waals surface area contributed by atoms with E-state index in [1.807, 2.05) is 13.1 Å². The first kappa shape index (κ1) is 29.5. The number of carbonyl (C=O) groups is 1. The van der Waals surface area contributed by atoms with Crippen LogP contribution in [-0.2, 0) is 10.2 Å². The van der Waals surface area contributed by atoms with Gasteiger partial charge in [-0.05, 0) is 113 Å². The third kappa shape index (κ3) is 5.98. The van der Waals surface area contributed by atoms with Crippen LogP contribution in [0.5, 0.6) is 0 Å². The third-order valence-electron chi connectivity index (χ3n) is 10.5. The number of rotatable bonds is 9. The molecule has 6 atom stereocenters. The van der Waals surface area contributed by atoms with Gasteiger partial charge < -0.3 is 20.3 Å². The van der Waals surface area contributed by atoms with Gasteiger partial charge in [0.2, 0.25) is 0 Å². The van der Waals surface area contributed by atoms with Gasteiger partial charge in [-0.15, -0.1) is 11.3 Å². The Balaban J connectivity index is 1.24. The monoisotopic (exact) mass is 568 g/mol. The van der Waals surface area contributed by atoms with E-state index in [4.69, 9.17) is 9.72 Å². The molecule has 0 radical (unpaired) electrons. The molecule has 4 unspecified atom stereocenters. The van der Waals surface area contributed by atoms with Crippen LogP contribution in [0.15, 0.2) is 41.6 Å². The molecular formula is C33H48N2O4S. The van der Waals surface area contributed by atoms with Crippen LogP contribution in [0.3, 0.4) is 0 Å². The molecule has 3 N–H and O–H groups in total. The highest BCUT2D eigenvalue weighted by molar-refractivity contribution is 7.11. The summed E-state index contributed by atoms with van der Waals surface area (Å²) >= 11 is 1.75. The Hall–Kier alpha value is -1.96. The highest BCUT2D eigenvalue weighted by atomic mass is 32.1. The number of thiazole rings is 1. The van der Waals surface area contributed by atoms with Crippen molar-refractivity contribution in [3.63, 3.8) is 0 Å². The van der Waals surface area contributed by atoms with Crippen LogP contribution in [0.4, 0.5) is 4.79 Å². The lowest BCUT2D eigenvalue weighted by atomic mass is 9.62. The van der Waals surface area contributed by atoms with Gasteiger partial charge in [-0.25, -0.2) is 9.78 Å². The summed E-state index contributed by atoms with van der Waals surface area (Å²) in [5.41, 5.74) is 3.47. The minimum absolute atomic E-state index is 0.107. The van der Waals surface area contributed by atoms with Gasteiger partial charge in [-0.2, -0.15) is 0 Å². The summed E-state index contributed by atoms with van der Waals surface area (Å²) in [6.07, 6.45) is 17.0. The number of allylic oxidation sites excluding steroid dienone is 3. The minimum Gasteiger partial charge on any atom is -0.445 e. The number of nitrogens with one attached hydrogen (secondary N) is 1. The first-order valence-corrected chi connectivity index (χ1v) is 16.3. The van der Waals surface area contributed by atoms with Crippen molar-refractivity contribution in [2.45, 2.75) is 122 Å². The molecule has 1 aromatic heterocycles. The van der Waals surface area contributed by atoms with Crippen LogP contribution in [0, 0.1) is 24.2 Å². The molecule has 4 aliphatic rings. The lowest BCUT2D eigenvalue weighted by molar-refractivity contribution is 0.0634. The molecule has 1 amide bonds. The summed E-state index contributed by atoms with van der Waals surface area (Å²) in [5.74, 6) is 1.26. The molecule has 0 bridgehead atoms. The van der Waals surface area contributed by atoms with Crippen molar-refractivity contribution in [2.75, 3.05) is 6.54 Å². The maximum Gasteiger partial charge on any atom is 0.407 e. The Labute approximate surface area is 244 Å². The third-order valence-corrected chi connectivity index (χ3v) is 11.6. The normalized spacial score (nSPS) is 34.1. The van der Waals surface area contributed by atoms with Gasteiger partial charge in [-0.1, -0.05) is 31.2 Å². The number of ether oxygens (including phenoxy) is 1. The lowest BCUT2D eigenvalue weighted by Gasteiger charge is -2.42. The fourth-order valence-corrected chi connectivity index (χ4v) is 9.05. The van der Waals surface area contributed by atoms with Gasteiger partial charge in [-0.3, -0.25) is 0 Å². The van der Waals surface area contributed by atoms with E-state index in [0.717, 1.165) is 48.3 Å². The van der Waals surface area contributed by atoms with Gasteiger partial charge in [0, 0.05) is 24.0 Å². The maximum absolute atomic E-state index is 12.5. The van der Waals surface area contributed by atoms with Crippen molar-refractivity contribution in [2.24, 2.45) is 17.3 Å². The summed E-state index contributed by atoms with van der Waals surface area (Å²) in [7, 11) is 0. The molecule has 0 aliphatic heterocycles. The first-order chi connectivity index (χ1) is 19.2. The van der Waals surface area contributed by atoms with Gasteiger partial charge in [0.25, 0.3) is 0 Å². The summed E-state index contributed by atoms with van der Waals surface area (Å²) < 4.78 is 6.07. The topological polar surface area (TPSA) is 91.7 Å². The predicted molar refractivity (Wildman–Crippen MR) is 160 cm³/mol. The number of carbonyl (C=O) groups excluding carboxylic acids is 1. The van der Waals surface area contributed by atoms with Crippen LogP contribution < -0.4 is 5.32 Å². The molecule has 6 nitrogen and oxygen atoms in total. The molecule has 40 heavy (non-hydrogen) atoms. The van der Waals surface area contributed by atoms with E-state index in [1.54, 1.807) is 11.3 Å². The van der Waals surface area contributed by atoms with Crippen molar-refractivity contribution in [3.8, 4) is 0 Å². The number of aromatic nitrogens is 1. The average Bonchev–Trinajstić information content (AvgIpc) is 3.48. The Kier molecular flexibility index (Phi) is 8.94. The summed E-state index contributed by atoms with van der Waals surface area (Å²) in [5, 5.41) is 24.4. The Morgan fingerprint density at radius 1 is 1.30 bits per heavy atom. The second-order valence-corrected chi connectivity index (χ2v) is 14.3. The number of alkyl carbamates (subject to hydrolysis) is 1. The van der Waals surface area contributed by atoms with E-state index in [1.165, 1.54) is 42.6 Å². The van der Waals surface area contributed by atoms with Gasteiger partial charge >= 0.3 is 6.09 Å². The van der Waals surface area contributed by atoms with Gasteiger partial charge in [0.1, 0.15) is 11.1 Å². The second kappa shape index (κ2) is 12.1. The van der Waals surface area contributed by atoms with E-state index in [-0.39, 0.29) is 17.6 Å². The van der Waals surface area contributed by atoms with Crippen molar-refractivity contribution in [3.05, 3.63) is 51.5 Å². The summed E-state index contributed by atoms with van der Waals surface area (Å²) in [4.78, 5) is 18.4. The molecule has 0 aromatic carbocycles. The van der Waals surface area contributed by atoms with Crippen LogP contribution >= 0.6 is 11.3 Å². The van der Waals surface area contributed by atoms with E-state index >= 15 is 0 Å². The zero-order valence-electron chi connectivity index (χ0n) is 24.6. The van der Waals surface area contributed by atoms with Crippen LogP contribution in [-0.4, -0.2) is 46.1 Å². The lowest BCUT2D eigenvalue weighted by Crippen LogP contribution is -2.36. The first-order valence-electron chi connectivity index (χ1n) is 15.5. The molecule has 0 saturated heterocycles. The number of amides is 1. The van der Waals surface area contributed by atoms with Gasteiger partial charge in [0.15, 0.2) is 0 Å². The molecule has 4 aliphatic carbocycles. The van der Waals surface area contributed by atoms with Crippen molar-refractivity contribution in [1.82, 2.24) is 10.3 Å². The summed E-state index contributed by atoms with van der Waals surface area (Å²) in [6, 6.07) is 0. The highest BCUT2D eigenvalue weighted by Gasteiger charge is 2.55. The number of nitrogens with zero attached hydrogens (tertiary/aromatic N) is 1. The van der Waals surface area contributed by atoms with Crippen molar-refractivity contribution in [1.29, 1.82) is 0 Å². The Morgan fingerprint density at radius 2 is 2.10 bits per heavy atom. The molecule has 0 spiro atoms. The molecule has 5 rings (SSSR count).